The Hall–Kier alpha value is -3.52. The van der Waals surface area contributed by atoms with E-state index in [1.165, 1.54) is 0 Å². The lowest BCUT2D eigenvalue weighted by molar-refractivity contribution is -0.234. The lowest BCUT2D eigenvalue weighted by Crippen LogP contribution is -2.67. The molecule has 4 aromatic carbocycles. The number of hydrogen-bond acceptors (Lipinski definition) is 6. The quantitative estimate of drug-likeness (QED) is 0.257. The molecule has 0 heterocycles. The molecule has 4 aromatic rings. The number of anilines is 1. The molecule has 6 atom stereocenters. The lowest BCUT2D eigenvalue weighted by atomic mass is 9.82. The van der Waals surface area contributed by atoms with E-state index < -0.39 is 36.6 Å². The first-order chi connectivity index (χ1) is 19.2. The largest absolute Gasteiger partial charge is 0.388 e. The van der Waals surface area contributed by atoms with Gasteiger partial charge in [0.1, 0.15) is 30.5 Å². The molecular formula is C33H35NO5. The molecule has 6 nitrogen and oxygen atoms in total. The van der Waals surface area contributed by atoms with Crippen molar-refractivity contribution in [3.8, 4) is 0 Å². The van der Waals surface area contributed by atoms with Crippen molar-refractivity contribution in [3.63, 3.8) is 0 Å². The van der Waals surface area contributed by atoms with Crippen molar-refractivity contribution in [2.75, 3.05) is 5.32 Å². The van der Waals surface area contributed by atoms with Crippen LogP contribution in [-0.4, -0.2) is 46.8 Å². The Morgan fingerprint density at radius 1 is 0.462 bits per heavy atom. The van der Waals surface area contributed by atoms with Gasteiger partial charge in [-0.1, -0.05) is 109 Å². The molecule has 0 aliphatic heterocycles. The van der Waals surface area contributed by atoms with Crippen LogP contribution in [0.15, 0.2) is 121 Å². The molecule has 1 fully saturated rings. The third kappa shape index (κ3) is 7.12. The number of rotatable bonds is 11. The maximum absolute atomic E-state index is 11.6. The van der Waals surface area contributed by atoms with Gasteiger partial charge in [0.05, 0.1) is 25.9 Å². The molecule has 0 radical (unpaired) electrons. The number of benzene rings is 4. The maximum Gasteiger partial charge on any atom is 0.115 e. The first-order valence-corrected chi connectivity index (χ1v) is 13.3. The topological polar surface area (TPSA) is 80.2 Å². The van der Waals surface area contributed by atoms with Gasteiger partial charge in [0, 0.05) is 5.69 Å². The fourth-order valence-electron chi connectivity index (χ4n) is 4.96. The minimum Gasteiger partial charge on any atom is -0.388 e. The molecule has 0 spiro atoms. The van der Waals surface area contributed by atoms with E-state index in [2.05, 4.69) is 5.32 Å². The summed E-state index contributed by atoms with van der Waals surface area (Å²) in [5, 5.41) is 26.6. The summed E-state index contributed by atoms with van der Waals surface area (Å²) < 4.78 is 19.2. The fraction of sp³-hybridized carbons (Fsp3) is 0.273. The van der Waals surface area contributed by atoms with Gasteiger partial charge in [-0.2, -0.15) is 0 Å². The van der Waals surface area contributed by atoms with E-state index in [1.807, 2.05) is 121 Å². The summed E-state index contributed by atoms with van der Waals surface area (Å²) >= 11 is 0. The van der Waals surface area contributed by atoms with E-state index >= 15 is 0 Å². The molecule has 39 heavy (non-hydrogen) atoms. The fourth-order valence-corrected chi connectivity index (χ4v) is 4.96. The highest BCUT2D eigenvalue weighted by Gasteiger charge is 2.52. The molecule has 0 aromatic heterocycles. The van der Waals surface area contributed by atoms with Crippen LogP contribution < -0.4 is 5.32 Å². The number of aliphatic hydroxyl groups is 2. The number of para-hydroxylation sites is 1. The maximum atomic E-state index is 11.6. The summed E-state index contributed by atoms with van der Waals surface area (Å²) in [7, 11) is 0. The lowest BCUT2D eigenvalue weighted by Gasteiger charge is -2.47. The van der Waals surface area contributed by atoms with Crippen molar-refractivity contribution in [2.24, 2.45) is 0 Å². The van der Waals surface area contributed by atoms with Crippen LogP contribution >= 0.6 is 0 Å². The zero-order valence-electron chi connectivity index (χ0n) is 21.8. The van der Waals surface area contributed by atoms with Crippen LogP contribution in [-0.2, 0) is 34.0 Å². The second kappa shape index (κ2) is 13.5. The van der Waals surface area contributed by atoms with Gasteiger partial charge in [-0.3, -0.25) is 0 Å². The summed E-state index contributed by atoms with van der Waals surface area (Å²) in [5.74, 6) is 0. The van der Waals surface area contributed by atoms with Crippen LogP contribution in [0, 0.1) is 0 Å². The van der Waals surface area contributed by atoms with E-state index in [9.17, 15) is 10.2 Å². The minimum absolute atomic E-state index is 0.285. The van der Waals surface area contributed by atoms with Gasteiger partial charge < -0.3 is 29.7 Å². The predicted molar refractivity (Wildman–Crippen MR) is 151 cm³/mol. The molecule has 0 saturated heterocycles. The Morgan fingerprint density at radius 3 is 1.18 bits per heavy atom. The molecule has 0 bridgehead atoms. The summed E-state index contributed by atoms with van der Waals surface area (Å²) in [5.41, 5.74) is 3.72. The average molecular weight is 526 g/mol. The number of nitrogens with one attached hydrogen (secondary N) is 1. The second-order valence-electron chi connectivity index (χ2n) is 9.80. The molecule has 1 aliphatic rings. The summed E-state index contributed by atoms with van der Waals surface area (Å²) in [6.07, 6.45) is -4.39. The van der Waals surface area contributed by atoms with Crippen molar-refractivity contribution < 1.29 is 24.4 Å². The van der Waals surface area contributed by atoms with Crippen molar-refractivity contribution in [1.29, 1.82) is 0 Å². The van der Waals surface area contributed by atoms with Crippen LogP contribution in [0.4, 0.5) is 5.69 Å². The Morgan fingerprint density at radius 2 is 0.795 bits per heavy atom. The third-order valence-corrected chi connectivity index (χ3v) is 7.02. The Bertz CT molecular complexity index is 1180. The number of ether oxygens (including phenoxy) is 3. The standard InChI is InChI=1S/C33H35NO5/c35-29-28(34-27-19-11-4-12-20-27)30(36)32(38-22-25-15-7-2-8-16-25)33(39-23-26-17-9-3-10-18-26)31(29)37-21-24-13-5-1-6-14-24/h1-20,28-36H,21-23H2/t28?,29-,30+,31+,32-,33?. The molecule has 3 N–H and O–H groups in total. The van der Waals surface area contributed by atoms with Gasteiger partial charge in [-0.05, 0) is 28.8 Å². The molecular weight excluding hydrogens is 490 g/mol. The van der Waals surface area contributed by atoms with Crippen molar-refractivity contribution in [2.45, 2.75) is 56.4 Å². The smallest absolute Gasteiger partial charge is 0.115 e. The van der Waals surface area contributed by atoms with Gasteiger partial charge in [0.25, 0.3) is 0 Å². The summed E-state index contributed by atoms with van der Waals surface area (Å²) in [6, 6.07) is 38.2. The van der Waals surface area contributed by atoms with E-state index in [-0.39, 0.29) is 19.8 Å². The molecule has 5 rings (SSSR count). The average Bonchev–Trinajstić information content (AvgIpc) is 2.99. The monoisotopic (exact) mass is 525 g/mol. The molecule has 0 amide bonds. The van der Waals surface area contributed by atoms with E-state index in [0.717, 1.165) is 22.4 Å². The van der Waals surface area contributed by atoms with Gasteiger partial charge in [0.2, 0.25) is 0 Å². The van der Waals surface area contributed by atoms with E-state index in [1.54, 1.807) is 0 Å². The molecule has 1 aliphatic carbocycles. The van der Waals surface area contributed by atoms with Gasteiger partial charge in [-0.15, -0.1) is 0 Å². The second-order valence-corrected chi connectivity index (χ2v) is 9.80. The van der Waals surface area contributed by atoms with Crippen molar-refractivity contribution >= 4 is 5.69 Å². The summed E-state index contributed by atoms with van der Waals surface area (Å²) in [4.78, 5) is 0. The van der Waals surface area contributed by atoms with Crippen LogP contribution in [0.1, 0.15) is 16.7 Å². The number of hydrogen-bond donors (Lipinski definition) is 3. The normalized spacial score (nSPS) is 24.8. The minimum atomic E-state index is -1.07. The van der Waals surface area contributed by atoms with Gasteiger partial charge >= 0.3 is 0 Å². The number of aliphatic hydroxyl groups excluding tert-OH is 2. The predicted octanol–water partition coefficient (Wildman–Crippen LogP) is 4.96. The molecule has 1 saturated carbocycles. The van der Waals surface area contributed by atoms with Crippen LogP contribution in [0.2, 0.25) is 0 Å². The SMILES string of the molecule is O[C@@H]1C(Nc2ccccc2)[C@H](O)[C@@H](OCc2ccccc2)C(OCc2ccccc2)[C@H]1OCc1ccccc1. The Labute approximate surface area is 229 Å². The third-order valence-electron chi connectivity index (χ3n) is 7.02. The van der Waals surface area contributed by atoms with Crippen LogP contribution in [0.3, 0.4) is 0 Å². The molecule has 6 heteroatoms. The first-order valence-electron chi connectivity index (χ1n) is 13.3. The molecule has 202 valence electrons. The Balaban J connectivity index is 1.43. The Kier molecular flexibility index (Phi) is 9.38. The zero-order valence-corrected chi connectivity index (χ0v) is 21.8. The van der Waals surface area contributed by atoms with Gasteiger partial charge in [0.15, 0.2) is 0 Å². The highest BCUT2D eigenvalue weighted by atomic mass is 16.6. The summed E-state index contributed by atoms with van der Waals surface area (Å²) in [6.45, 7) is 0.860. The molecule has 2 unspecified atom stereocenters. The van der Waals surface area contributed by atoms with Crippen LogP contribution in [0.5, 0.6) is 0 Å². The van der Waals surface area contributed by atoms with Crippen molar-refractivity contribution in [3.05, 3.63) is 138 Å². The highest BCUT2D eigenvalue weighted by molar-refractivity contribution is 5.44. The first kappa shape index (κ1) is 27.1. The van der Waals surface area contributed by atoms with E-state index in [4.69, 9.17) is 14.2 Å². The highest BCUT2D eigenvalue weighted by Crippen LogP contribution is 2.32. The zero-order chi connectivity index (χ0) is 26.9. The van der Waals surface area contributed by atoms with E-state index in [0.29, 0.717) is 0 Å². The van der Waals surface area contributed by atoms with Gasteiger partial charge in [-0.25, -0.2) is 0 Å². The van der Waals surface area contributed by atoms with Crippen LogP contribution in [0.25, 0.3) is 0 Å². The van der Waals surface area contributed by atoms with Crippen molar-refractivity contribution in [1.82, 2.24) is 0 Å².